The molecule has 18 heavy (non-hydrogen) atoms. The average molecular weight is 370 g/mol. The van der Waals surface area contributed by atoms with E-state index < -0.39 is 0 Å². The number of benzene rings is 2. The maximum atomic E-state index is 12.4. The zero-order chi connectivity index (χ0) is 13.1. The van der Waals surface area contributed by atoms with Crippen molar-refractivity contribution in [3.05, 3.63) is 62.5 Å². The summed E-state index contributed by atoms with van der Waals surface area (Å²) in [7, 11) is 1.56. The second-order valence-electron chi connectivity index (χ2n) is 3.65. The van der Waals surface area contributed by atoms with Gasteiger partial charge < -0.3 is 4.74 Å². The van der Waals surface area contributed by atoms with Crippen molar-refractivity contribution in [2.24, 2.45) is 0 Å². The van der Waals surface area contributed by atoms with Crippen LogP contribution in [0.5, 0.6) is 5.75 Å². The summed E-state index contributed by atoms with van der Waals surface area (Å²) in [6.45, 7) is 0. The molecule has 2 aromatic carbocycles. The number of methoxy groups -OCH3 is 1. The highest BCUT2D eigenvalue weighted by Gasteiger charge is 2.16. The van der Waals surface area contributed by atoms with Crippen LogP contribution in [0.25, 0.3) is 0 Å². The molecule has 0 saturated heterocycles. The average Bonchev–Trinajstić information content (AvgIpc) is 2.38. The minimum Gasteiger partial charge on any atom is -0.496 e. The third-order valence-electron chi connectivity index (χ3n) is 2.53. The van der Waals surface area contributed by atoms with Gasteiger partial charge in [-0.15, -0.1) is 0 Å². The van der Waals surface area contributed by atoms with Crippen molar-refractivity contribution in [1.82, 2.24) is 0 Å². The zero-order valence-electron chi connectivity index (χ0n) is 9.61. The van der Waals surface area contributed by atoms with Gasteiger partial charge in [0.15, 0.2) is 5.78 Å². The highest BCUT2D eigenvalue weighted by atomic mass is 79.9. The highest BCUT2D eigenvalue weighted by molar-refractivity contribution is 9.11. The molecular weight excluding hydrogens is 360 g/mol. The molecule has 0 aliphatic rings. The first kappa shape index (κ1) is 13.3. The fourth-order valence-corrected chi connectivity index (χ4v) is 2.88. The van der Waals surface area contributed by atoms with E-state index in [9.17, 15) is 4.79 Å². The van der Waals surface area contributed by atoms with E-state index in [1.165, 1.54) is 0 Å². The molecular formula is C14H10Br2O2. The SMILES string of the molecule is COc1ccccc1C(=O)c1ccc(Br)cc1Br. The Morgan fingerprint density at radius 1 is 1.06 bits per heavy atom. The number of halogens is 2. The van der Waals surface area contributed by atoms with Gasteiger partial charge >= 0.3 is 0 Å². The lowest BCUT2D eigenvalue weighted by molar-refractivity contribution is 0.103. The maximum Gasteiger partial charge on any atom is 0.197 e. The summed E-state index contributed by atoms with van der Waals surface area (Å²) < 4.78 is 6.89. The molecule has 0 unspecified atom stereocenters. The summed E-state index contributed by atoms with van der Waals surface area (Å²) in [5.74, 6) is 0.518. The summed E-state index contributed by atoms with van der Waals surface area (Å²) in [6.07, 6.45) is 0. The number of hydrogen-bond acceptors (Lipinski definition) is 2. The van der Waals surface area contributed by atoms with Crippen molar-refractivity contribution in [2.45, 2.75) is 0 Å². The van der Waals surface area contributed by atoms with E-state index in [-0.39, 0.29) is 5.78 Å². The predicted molar refractivity (Wildman–Crippen MR) is 78.3 cm³/mol. The minimum absolute atomic E-state index is 0.0631. The topological polar surface area (TPSA) is 26.3 Å². The molecule has 0 aliphatic carbocycles. The largest absolute Gasteiger partial charge is 0.496 e. The van der Waals surface area contributed by atoms with Crippen LogP contribution in [0.1, 0.15) is 15.9 Å². The molecule has 0 fully saturated rings. The molecule has 0 amide bonds. The molecule has 0 aromatic heterocycles. The molecule has 92 valence electrons. The minimum atomic E-state index is -0.0631. The first-order valence-electron chi connectivity index (χ1n) is 5.26. The fourth-order valence-electron chi connectivity index (χ4n) is 1.65. The Labute approximate surface area is 122 Å². The van der Waals surface area contributed by atoms with Crippen LogP contribution in [-0.4, -0.2) is 12.9 Å². The molecule has 0 saturated carbocycles. The molecule has 0 spiro atoms. The number of rotatable bonds is 3. The van der Waals surface area contributed by atoms with E-state index in [0.717, 1.165) is 8.95 Å². The summed E-state index contributed by atoms with van der Waals surface area (Å²) in [4.78, 5) is 12.4. The predicted octanol–water partition coefficient (Wildman–Crippen LogP) is 4.45. The lowest BCUT2D eigenvalue weighted by atomic mass is 10.0. The number of ketones is 1. The van der Waals surface area contributed by atoms with Crippen molar-refractivity contribution in [2.75, 3.05) is 7.11 Å². The Kier molecular flexibility index (Phi) is 4.19. The van der Waals surface area contributed by atoms with Crippen molar-refractivity contribution in [1.29, 1.82) is 0 Å². The van der Waals surface area contributed by atoms with Gasteiger partial charge in [0.05, 0.1) is 12.7 Å². The third kappa shape index (κ3) is 2.65. The molecule has 0 aliphatic heterocycles. The summed E-state index contributed by atoms with van der Waals surface area (Å²) in [5.41, 5.74) is 1.17. The molecule has 2 nitrogen and oxygen atoms in total. The third-order valence-corrected chi connectivity index (χ3v) is 3.68. The van der Waals surface area contributed by atoms with Crippen LogP contribution >= 0.6 is 31.9 Å². The van der Waals surface area contributed by atoms with Crippen LogP contribution in [0.2, 0.25) is 0 Å². The van der Waals surface area contributed by atoms with Crippen molar-refractivity contribution in [3.63, 3.8) is 0 Å². The zero-order valence-corrected chi connectivity index (χ0v) is 12.8. The van der Waals surface area contributed by atoms with Gasteiger partial charge in [0.25, 0.3) is 0 Å². The van der Waals surface area contributed by atoms with Gasteiger partial charge in [-0.25, -0.2) is 0 Å². The smallest absolute Gasteiger partial charge is 0.197 e. The Bertz CT molecular complexity index is 594. The molecule has 0 atom stereocenters. The Hall–Kier alpha value is -1.13. The van der Waals surface area contributed by atoms with Crippen molar-refractivity contribution in [3.8, 4) is 5.75 Å². The van der Waals surface area contributed by atoms with Gasteiger partial charge in [-0.3, -0.25) is 4.79 Å². The van der Waals surface area contributed by atoms with Gasteiger partial charge in [0.1, 0.15) is 5.75 Å². The Morgan fingerprint density at radius 3 is 2.44 bits per heavy atom. The number of carbonyl (C=O) groups excluding carboxylic acids is 1. The van der Waals surface area contributed by atoms with Gasteiger partial charge in [-0.1, -0.05) is 28.1 Å². The van der Waals surface area contributed by atoms with E-state index in [2.05, 4.69) is 31.9 Å². The molecule has 0 N–H and O–H groups in total. The van der Waals surface area contributed by atoms with E-state index in [4.69, 9.17) is 4.74 Å². The number of carbonyl (C=O) groups is 1. The van der Waals surface area contributed by atoms with E-state index in [0.29, 0.717) is 16.9 Å². The first-order chi connectivity index (χ1) is 8.63. The molecule has 2 rings (SSSR count). The van der Waals surface area contributed by atoms with Gasteiger partial charge in [0.2, 0.25) is 0 Å². The molecule has 0 heterocycles. The molecule has 0 bridgehead atoms. The number of hydrogen-bond donors (Lipinski definition) is 0. The lowest BCUT2D eigenvalue weighted by Gasteiger charge is -2.08. The Balaban J connectivity index is 2.48. The normalized spacial score (nSPS) is 10.2. The second kappa shape index (κ2) is 5.67. The van der Waals surface area contributed by atoms with Crippen LogP contribution in [0, 0.1) is 0 Å². The lowest BCUT2D eigenvalue weighted by Crippen LogP contribution is -2.04. The van der Waals surface area contributed by atoms with Crippen LogP contribution in [0.15, 0.2) is 51.4 Å². The van der Waals surface area contributed by atoms with Crippen LogP contribution in [-0.2, 0) is 0 Å². The van der Waals surface area contributed by atoms with Crippen LogP contribution < -0.4 is 4.74 Å². The maximum absolute atomic E-state index is 12.4. The number of para-hydroxylation sites is 1. The van der Waals surface area contributed by atoms with Crippen molar-refractivity contribution >= 4 is 37.6 Å². The van der Waals surface area contributed by atoms with E-state index >= 15 is 0 Å². The van der Waals surface area contributed by atoms with Crippen LogP contribution in [0.4, 0.5) is 0 Å². The van der Waals surface area contributed by atoms with Gasteiger partial charge in [-0.2, -0.15) is 0 Å². The first-order valence-corrected chi connectivity index (χ1v) is 6.85. The second-order valence-corrected chi connectivity index (χ2v) is 5.42. The Morgan fingerprint density at radius 2 is 1.78 bits per heavy atom. The van der Waals surface area contributed by atoms with E-state index in [1.54, 1.807) is 25.3 Å². The molecule has 0 radical (unpaired) electrons. The van der Waals surface area contributed by atoms with E-state index in [1.807, 2.05) is 24.3 Å². The highest BCUT2D eigenvalue weighted by Crippen LogP contribution is 2.27. The number of ether oxygens (including phenoxy) is 1. The van der Waals surface area contributed by atoms with Gasteiger partial charge in [-0.05, 0) is 46.3 Å². The monoisotopic (exact) mass is 368 g/mol. The quantitative estimate of drug-likeness (QED) is 0.747. The summed E-state index contributed by atoms with van der Waals surface area (Å²) in [6, 6.07) is 12.7. The molecule has 4 heteroatoms. The van der Waals surface area contributed by atoms with Crippen LogP contribution in [0.3, 0.4) is 0 Å². The summed E-state index contributed by atoms with van der Waals surface area (Å²) >= 11 is 6.76. The fraction of sp³-hybridized carbons (Fsp3) is 0.0714. The van der Waals surface area contributed by atoms with Crippen molar-refractivity contribution < 1.29 is 9.53 Å². The summed E-state index contributed by atoms with van der Waals surface area (Å²) in [5, 5.41) is 0. The van der Waals surface area contributed by atoms with Gasteiger partial charge in [0, 0.05) is 14.5 Å². The standard InChI is InChI=1S/C14H10Br2O2/c1-18-13-5-3-2-4-11(13)14(17)10-7-6-9(15)8-12(10)16/h2-8H,1H3. The molecule has 2 aromatic rings.